The molecule has 0 bridgehead atoms. The molecule has 0 aromatic carbocycles. The van der Waals surface area contributed by atoms with Gasteiger partial charge in [0.2, 0.25) is 10.9 Å². The molecule has 10 nitrogen and oxygen atoms in total. The number of nitrogens with zero attached hydrogens (tertiary/aromatic N) is 3. The zero-order valence-corrected chi connectivity index (χ0v) is 18.1. The summed E-state index contributed by atoms with van der Waals surface area (Å²) in [5, 5.41) is 14.0. The Kier molecular flexibility index (Phi) is 7.03. The summed E-state index contributed by atoms with van der Waals surface area (Å²) in [7, 11) is 2.87. The topological polar surface area (TPSA) is 128 Å². The second-order valence-corrected chi connectivity index (χ2v) is 7.96. The lowest BCUT2D eigenvalue weighted by molar-refractivity contribution is 0.0991. The number of methoxy groups -OCH3 is 2. The van der Waals surface area contributed by atoms with E-state index in [0.717, 1.165) is 22.9 Å². The van der Waals surface area contributed by atoms with Crippen LogP contribution in [0.25, 0.3) is 10.6 Å². The Hall–Kier alpha value is -2.25. The van der Waals surface area contributed by atoms with Crippen LogP contribution in [0.3, 0.4) is 0 Å². The fraction of sp³-hybridized carbons (Fsp3) is 0.267. The molecule has 0 aliphatic carbocycles. The summed E-state index contributed by atoms with van der Waals surface area (Å²) < 4.78 is 19.3. The van der Waals surface area contributed by atoms with Crippen LogP contribution in [0.4, 0.5) is 10.8 Å². The van der Waals surface area contributed by atoms with Crippen molar-refractivity contribution in [1.82, 2.24) is 14.6 Å². The third-order valence-corrected chi connectivity index (χ3v) is 5.69. The van der Waals surface area contributed by atoms with E-state index in [4.69, 9.17) is 37.1 Å². The van der Waals surface area contributed by atoms with Gasteiger partial charge in [-0.15, -0.1) is 10.2 Å². The van der Waals surface area contributed by atoms with Crippen molar-refractivity contribution in [2.75, 3.05) is 38.0 Å². The highest BCUT2D eigenvalue weighted by Crippen LogP contribution is 2.39. The van der Waals surface area contributed by atoms with Gasteiger partial charge in [0.25, 0.3) is 5.91 Å². The summed E-state index contributed by atoms with van der Waals surface area (Å²) in [5.74, 6) is -0.978. The molecular formula is C15H13Cl2N5O5S2. The molecular weight excluding hydrogens is 465 g/mol. The summed E-state index contributed by atoms with van der Waals surface area (Å²) in [6.07, 6.45) is 0. The number of amides is 1. The molecule has 0 aliphatic rings. The Labute approximate surface area is 181 Å². The summed E-state index contributed by atoms with van der Waals surface area (Å²) >= 11 is 14.1. The zero-order chi connectivity index (χ0) is 21.0. The first-order valence-electron chi connectivity index (χ1n) is 7.85. The molecule has 0 aliphatic heterocycles. The lowest BCUT2D eigenvalue weighted by Crippen LogP contribution is -2.18. The number of hydrogen-bond donors (Lipinski definition) is 2. The lowest BCUT2D eigenvalue weighted by atomic mass is 10.3. The van der Waals surface area contributed by atoms with E-state index in [0.29, 0.717) is 33.7 Å². The normalized spacial score (nSPS) is 10.8. The van der Waals surface area contributed by atoms with Crippen LogP contribution < -0.4 is 21.0 Å². The van der Waals surface area contributed by atoms with Crippen molar-refractivity contribution in [2.24, 2.45) is 0 Å². The molecule has 0 atom stereocenters. The lowest BCUT2D eigenvalue weighted by Gasteiger charge is -2.10. The van der Waals surface area contributed by atoms with Gasteiger partial charge < -0.3 is 19.2 Å². The van der Waals surface area contributed by atoms with Gasteiger partial charge in [-0.3, -0.25) is 10.1 Å². The van der Waals surface area contributed by atoms with Gasteiger partial charge in [-0.2, -0.15) is 4.37 Å². The van der Waals surface area contributed by atoms with Gasteiger partial charge in [-0.25, -0.2) is 4.79 Å². The third kappa shape index (κ3) is 4.85. The number of ether oxygens (including phenoxy) is 2. The van der Waals surface area contributed by atoms with Gasteiger partial charge in [0, 0.05) is 19.7 Å². The number of hydrogen-bond acceptors (Lipinski definition) is 11. The standard InChI is InChI=1S/C15H13Cl2N5O5S2/c1-25-4-3-18-6-5-7(27-14(24)9(6)26-2)12(23)19-15-21-20-13(28-15)8-10(16)22-29-11(8)17/h5,18H,3-4H2,1-2H3,(H,19,21,23). The van der Waals surface area contributed by atoms with Crippen molar-refractivity contribution in [2.45, 2.75) is 0 Å². The van der Waals surface area contributed by atoms with Crippen molar-refractivity contribution in [1.29, 1.82) is 0 Å². The first-order valence-corrected chi connectivity index (χ1v) is 10.2. The largest absolute Gasteiger partial charge is 0.488 e. The molecule has 3 aromatic heterocycles. The van der Waals surface area contributed by atoms with Crippen LogP contribution in [-0.2, 0) is 4.74 Å². The van der Waals surface area contributed by atoms with Crippen LogP contribution in [-0.4, -0.2) is 47.8 Å². The third-order valence-electron chi connectivity index (χ3n) is 3.43. The van der Waals surface area contributed by atoms with Gasteiger partial charge >= 0.3 is 5.63 Å². The molecule has 1 amide bonds. The maximum absolute atomic E-state index is 12.5. The summed E-state index contributed by atoms with van der Waals surface area (Å²) in [6, 6.07) is 1.35. The van der Waals surface area contributed by atoms with Gasteiger partial charge in [-0.05, 0) is 11.5 Å². The molecule has 0 saturated heterocycles. The van der Waals surface area contributed by atoms with Crippen LogP contribution in [0.2, 0.25) is 9.49 Å². The molecule has 0 saturated carbocycles. The molecule has 14 heteroatoms. The number of carbonyl (C=O) groups is 1. The van der Waals surface area contributed by atoms with Gasteiger partial charge in [0.15, 0.2) is 15.9 Å². The SMILES string of the molecule is COCCNc1cc(C(=O)Nc2nnc(-c3c(Cl)nsc3Cl)s2)oc(=O)c1OC. The van der Waals surface area contributed by atoms with Crippen molar-refractivity contribution in [3.05, 3.63) is 31.7 Å². The summed E-state index contributed by atoms with van der Waals surface area (Å²) in [6.45, 7) is 0.786. The Balaban J connectivity index is 1.81. The van der Waals surface area contributed by atoms with E-state index in [1.807, 2.05) is 0 Å². The molecule has 0 spiro atoms. The second kappa shape index (κ2) is 9.50. The number of carbonyl (C=O) groups excluding carboxylic acids is 1. The van der Waals surface area contributed by atoms with E-state index in [1.54, 1.807) is 7.11 Å². The number of halogens is 2. The number of rotatable bonds is 8. The molecule has 3 heterocycles. The predicted molar refractivity (Wildman–Crippen MR) is 111 cm³/mol. The number of aromatic nitrogens is 3. The summed E-state index contributed by atoms with van der Waals surface area (Å²) in [4.78, 5) is 24.6. The minimum absolute atomic E-state index is 0.0508. The van der Waals surface area contributed by atoms with Gasteiger partial charge in [0.05, 0.1) is 25.0 Å². The quantitative estimate of drug-likeness (QED) is 0.469. The fourth-order valence-corrected chi connectivity index (χ4v) is 4.34. The smallest absolute Gasteiger partial charge is 0.381 e. The average Bonchev–Trinajstić information content (AvgIpc) is 3.27. The maximum atomic E-state index is 12.5. The fourth-order valence-electron chi connectivity index (χ4n) is 2.16. The Morgan fingerprint density at radius 2 is 2.10 bits per heavy atom. The van der Waals surface area contributed by atoms with Crippen LogP contribution in [0, 0.1) is 0 Å². The van der Waals surface area contributed by atoms with E-state index in [-0.39, 0.29) is 21.8 Å². The molecule has 2 N–H and O–H groups in total. The Morgan fingerprint density at radius 1 is 1.31 bits per heavy atom. The second-order valence-electron chi connectivity index (χ2n) is 5.25. The monoisotopic (exact) mass is 477 g/mol. The van der Waals surface area contributed by atoms with Crippen LogP contribution in [0.15, 0.2) is 15.3 Å². The van der Waals surface area contributed by atoms with E-state index >= 15 is 0 Å². The molecule has 29 heavy (non-hydrogen) atoms. The van der Waals surface area contributed by atoms with Crippen molar-refractivity contribution in [3.8, 4) is 16.3 Å². The van der Waals surface area contributed by atoms with Crippen LogP contribution in [0.5, 0.6) is 5.75 Å². The average molecular weight is 478 g/mol. The summed E-state index contributed by atoms with van der Waals surface area (Å²) in [5.41, 5.74) is -0.0651. The highest BCUT2D eigenvalue weighted by molar-refractivity contribution is 7.19. The van der Waals surface area contributed by atoms with Crippen molar-refractivity contribution >= 4 is 62.8 Å². The zero-order valence-electron chi connectivity index (χ0n) is 14.9. The molecule has 154 valence electrons. The minimum Gasteiger partial charge on any atom is -0.488 e. The van der Waals surface area contributed by atoms with Crippen molar-refractivity contribution < 1.29 is 18.7 Å². The van der Waals surface area contributed by atoms with Crippen molar-refractivity contribution in [3.63, 3.8) is 0 Å². The molecule has 0 unspecified atom stereocenters. The number of anilines is 2. The first kappa shape index (κ1) is 21.5. The van der Waals surface area contributed by atoms with Crippen LogP contribution in [0.1, 0.15) is 10.6 Å². The Morgan fingerprint density at radius 3 is 2.76 bits per heavy atom. The predicted octanol–water partition coefficient (Wildman–Crippen LogP) is 3.24. The Bertz CT molecular complexity index is 1060. The van der Waals surface area contributed by atoms with Gasteiger partial charge in [0.1, 0.15) is 4.34 Å². The maximum Gasteiger partial charge on any atom is 0.381 e. The van der Waals surface area contributed by atoms with E-state index < -0.39 is 11.5 Å². The van der Waals surface area contributed by atoms with E-state index in [9.17, 15) is 9.59 Å². The van der Waals surface area contributed by atoms with Crippen LogP contribution >= 0.6 is 46.1 Å². The molecule has 3 rings (SSSR count). The molecule has 0 fully saturated rings. The molecule has 0 radical (unpaired) electrons. The number of nitrogens with one attached hydrogen (secondary N) is 2. The first-order chi connectivity index (χ1) is 13.9. The van der Waals surface area contributed by atoms with Gasteiger partial charge in [-0.1, -0.05) is 34.5 Å². The highest BCUT2D eigenvalue weighted by Gasteiger charge is 2.21. The molecule has 3 aromatic rings. The highest BCUT2D eigenvalue weighted by atomic mass is 35.5. The minimum atomic E-state index is -0.805. The van der Waals surface area contributed by atoms with E-state index in [1.165, 1.54) is 13.2 Å². The van der Waals surface area contributed by atoms with E-state index in [2.05, 4.69) is 25.2 Å².